The highest BCUT2D eigenvalue weighted by Crippen LogP contribution is 2.31. The maximum absolute atomic E-state index is 12.3. The van der Waals surface area contributed by atoms with E-state index in [1.165, 1.54) is 0 Å². The van der Waals surface area contributed by atoms with Crippen LogP contribution in [0, 0.1) is 5.92 Å². The van der Waals surface area contributed by atoms with E-state index in [2.05, 4.69) is 0 Å². The number of amides is 1. The summed E-state index contributed by atoms with van der Waals surface area (Å²) >= 11 is 5.87. The fraction of sp³-hybridized carbons (Fsp3) is 0.500. The number of benzene rings is 1. The third-order valence-corrected chi connectivity index (χ3v) is 3.67. The zero-order valence-corrected chi connectivity index (χ0v) is 12.9. The van der Waals surface area contributed by atoms with Crippen LogP contribution in [-0.4, -0.2) is 29.9 Å². The van der Waals surface area contributed by atoms with Crippen LogP contribution >= 0.6 is 11.6 Å². The Morgan fingerprint density at radius 2 is 1.95 bits per heavy atom. The summed E-state index contributed by atoms with van der Waals surface area (Å²) in [6, 6.07) is 7.42. The highest BCUT2D eigenvalue weighted by molar-refractivity contribution is 6.30. The Morgan fingerprint density at radius 1 is 1.29 bits per heavy atom. The van der Waals surface area contributed by atoms with Gasteiger partial charge in [-0.05, 0) is 37.5 Å². The molecule has 1 aromatic carbocycles. The number of ether oxygens (including phenoxy) is 1. The minimum Gasteiger partial charge on any atom is -0.466 e. The second-order valence-corrected chi connectivity index (χ2v) is 5.65. The quantitative estimate of drug-likeness (QED) is 0.727. The minimum absolute atomic E-state index is 0.134. The summed E-state index contributed by atoms with van der Waals surface area (Å²) in [4.78, 5) is 25.5. The fourth-order valence-electron chi connectivity index (χ4n) is 2.13. The topological polar surface area (TPSA) is 46.6 Å². The highest BCUT2D eigenvalue weighted by Gasteiger charge is 2.33. The first kappa shape index (κ1) is 15.8. The van der Waals surface area contributed by atoms with Crippen LogP contribution in [-0.2, 0) is 20.9 Å². The SMILES string of the molecule is CCOC(=O)CCN(Cc1ccc(Cl)cc1)C(=O)C1CC1. The molecule has 5 heteroatoms. The lowest BCUT2D eigenvalue weighted by Crippen LogP contribution is -2.34. The first-order chi connectivity index (χ1) is 10.1. The Balaban J connectivity index is 1.96. The second-order valence-electron chi connectivity index (χ2n) is 5.22. The largest absolute Gasteiger partial charge is 0.466 e. The molecule has 1 amide bonds. The Morgan fingerprint density at radius 3 is 2.52 bits per heavy atom. The van der Waals surface area contributed by atoms with E-state index >= 15 is 0 Å². The van der Waals surface area contributed by atoms with Gasteiger partial charge in [0.05, 0.1) is 13.0 Å². The molecule has 1 saturated carbocycles. The Labute approximate surface area is 130 Å². The molecule has 0 aromatic heterocycles. The van der Waals surface area contributed by atoms with Gasteiger partial charge in [0, 0.05) is 24.0 Å². The highest BCUT2D eigenvalue weighted by atomic mass is 35.5. The van der Waals surface area contributed by atoms with Gasteiger partial charge in [0.15, 0.2) is 0 Å². The average Bonchev–Trinajstić information content (AvgIpc) is 3.29. The molecule has 0 aliphatic heterocycles. The zero-order chi connectivity index (χ0) is 15.2. The third-order valence-electron chi connectivity index (χ3n) is 3.42. The van der Waals surface area contributed by atoms with Crippen molar-refractivity contribution in [2.45, 2.75) is 32.7 Å². The normalized spacial score (nSPS) is 13.8. The summed E-state index contributed by atoms with van der Waals surface area (Å²) in [5, 5.41) is 0.672. The van der Waals surface area contributed by atoms with Gasteiger partial charge in [0.25, 0.3) is 0 Å². The van der Waals surface area contributed by atoms with Gasteiger partial charge in [-0.3, -0.25) is 9.59 Å². The van der Waals surface area contributed by atoms with Crippen LogP contribution in [0.15, 0.2) is 24.3 Å². The number of nitrogens with zero attached hydrogens (tertiary/aromatic N) is 1. The van der Waals surface area contributed by atoms with E-state index in [0.717, 1.165) is 18.4 Å². The molecule has 0 radical (unpaired) electrons. The molecule has 21 heavy (non-hydrogen) atoms. The third kappa shape index (κ3) is 5.05. The number of hydrogen-bond acceptors (Lipinski definition) is 3. The van der Waals surface area contributed by atoms with Crippen LogP contribution in [0.2, 0.25) is 5.02 Å². The zero-order valence-electron chi connectivity index (χ0n) is 12.2. The van der Waals surface area contributed by atoms with Gasteiger partial charge in [0.2, 0.25) is 5.91 Å². The number of carbonyl (C=O) groups is 2. The molecule has 0 N–H and O–H groups in total. The molecule has 4 nitrogen and oxygen atoms in total. The van der Waals surface area contributed by atoms with Gasteiger partial charge in [-0.2, -0.15) is 0 Å². The number of carbonyl (C=O) groups excluding carboxylic acids is 2. The standard InChI is InChI=1S/C16H20ClNO3/c1-2-21-15(19)9-10-18(16(20)13-5-6-13)11-12-3-7-14(17)8-4-12/h3-4,7-8,13H,2,5-6,9-11H2,1H3. The predicted molar refractivity (Wildman–Crippen MR) is 80.8 cm³/mol. The van der Waals surface area contributed by atoms with Gasteiger partial charge < -0.3 is 9.64 Å². The first-order valence-corrected chi connectivity index (χ1v) is 7.66. The molecule has 0 bridgehead atoms. The lowest BCUT2D eigenvalue weighted by Gasteiger charge is -2.22. The van der Waals surface area contributed by atoms with Crippen molar-refractivity contribution in [2.75, 3.05) is 13.2 Å². The minimum atomic E-state index is -0.262. The number of hydrogen-bond donors (Lipinski definition) is 0. The molecular formula is C16H20ClNO3. The van der Waals surface area contributed by atoms with Crippen LogP contribution in [0.1, 0.15) is 31.7 Å². The Hall–Kier alpha value is -1.55. The van der Waals surface area contributed by atoms with E-state index in [1.807, 2.05) is 24.3 Å². The van der Waals surface area contributed by atoms with E-state index in [1.54, 1.807) is 11.8 Å². The van der Waals surface area contributed by atoms with Crippen LogP contribution in [0.3, 0.4) is 0 Å². The van der Waals surface area contributed by atoms with E-state index in [9.17, 15) is 9.59 Å². The van der Waals surface area contributed by atoms with Crippen LogP contribution in [0.5, 0.6) is 0 Å². The van der Waals surface area contributed by atoms with E-state index < -0.39 is 0 Å². The van der Waals surface area contributed by atoms with E-state index in [-0.39, 0.29) is 24.2 Å². The van der Waals surface area contributed by atoms with Crippen LogP contribution in [0.25, 0.3) is 0 Å². The summed E-state index contributed by atoms with van der Waals surface area (Å²) in [6.45, 7) is 3.05. The maximum atomic E-state index is 12.3. The Bertz CT molecular complexity index is 497. The van der Waals surface area contributed by atoms with Gasteiger partial charge in [-0.15, -0.1) is 0 Å². The van der Waals surface area contributed by atoms with Crippen molar-refractivity contribution < 1.29 is 14.3 Å². The van der Waals surface area contributed by atoms with Crippen molar-refractivity contribution in [2.24, 2.45) is 5.92 Å². The van der Waals surface area contributed by atoms with Crippen molar-refractivity contribution in [1.82, 2.24) is 4.90 Å². The van der Waals surface area contributed by atoms with Gasteiger partial charge in [-0.1, -0.05) is 23.7 Å². The fourth-order valence-corrected chi connectivity index (χ4v) is 2.25. The van der Waals surface area contributed by atoms with Crippen molar-refractivity contribution >= 4 is 23.5 Å². The van der Waals surface area contributed by atoms with E-state index in [4.69, 9.17) is 16.3 Å². The molecule has 114 valence electrons. The molecule has 0 spiro atoms. The molecule has 0 unspecified atom stereocenters. The van der Waals surface area contributed by atoms with Crippen molar-refractivity contribution in [3.05, 3.63) is 34.9 Å². The molecular weight excluding hydrogens is 290 g/mol. The molecule has 1 aliphatic carbocycles. The lowest BCUT2D eigenvalue weighted by atomic mass is 10.2. The lowest BCUT2D eigenvalue weighted by molar-refractivity contribution is -0.144. The summed E-state index contributed by atoms with van der Waals surface area (Å²) in [6.07, 6.45) is 2.14. The van der Waals surface area contributed by atoms with Crippen molar-refractivity contribution in [3.63, 3.8) is 0 Å². The monoisotopic (exact) mass is 309 g/mol. The van der Waals surface area contributed by atoms with Crippen molar-refractivity contribution in [3.8, 4) is 0 Å². The maximum Gasteiger partial charge on any atom is 0.307 e. The number of rotatable bonds is 7. The average molecular weight is 310 g/mol. The molecule has 2 rings (SSSR count). The molecule has 0 saturated heterocycles. The summed E-state index contributed by atoms with van der Waals surface area (Å²) in [5.74, 6) is 0.0101. The van der Waals surface area contributed by atoms with Gasteiger partial charge >= 0.3 is 5.97 Å². The van der Waals surface area contributed by atoms with Gasteiger partial charge in [0.1, 0.15) is 0 Å². The summed E-state index contributed by atoms with van der Waals surface area (Å²) in [7, 11) is 0. The first-order valence-electron chi connectivity index (χ1n) is 7.29. The molecule has 1 fully saturated rings. The number of esters is 1. The molecule has 1 aromatic rings. The molecule has 0 heterocycles. The summed E-state index contributed by atoms with van der Waals surface area (Å²) < 4.78 is 4.92. The number of halogens is 1. The smallest absolute Gasteiger partial charge is 0.307 e. The molecule has 0 atom stereocenters. The predicted octanol–water partition coefficient (Wildman–Crippen LogP) is 3.03. The Kier molecular flexibility index (Phi) is 5.62. The second kappa shape index (κ2) is 7.46. The van der Waals surface area contributed by atoms with Crippen molar-refractivity contribution in [1.29, 1.82) is 0 Å². The van der Waals surface area contributed by atoms with Gasteiger partial charge in [-0.25, -0.2) is 0 Å². The van der Waals surface area contributed by atoms with Crippen LogP contribution < -0.4 is 0 Å². The van der Waals surface area contributed by atoms with Crippen LogP contribution in [0.4, 0.5) is 0 Å². The summed E-state index contributed by atoms with van der Waals surface area (Å²) in [5.41, 5.74) is 1.01. The molecule has 1 aliphatic rings. The van der Waals surface area contributed by atoms with E-state index in [0.29, 0.717) is 24.7 Å².